The van der Waals surface area contributed by atoms with Crippen LogP contribution in [0.1, 0.15) is 26.3 Å². The summed E-state index contributed by atoms with van der Waals surface area (Å²) in [5.41, 5.74) is -0.748. The van der Waals surface area contributed by atoms with Gasteiger partial charge in [-0.1, -0.05) is 20.8 Å². The van der Waals surface area contributed by atoms with E-state index in [-0.39, 0.29) is 5.69 Å². The van der Waals surface area contributed by atoms with E-state index in [9.17, 15) is 24.6 Å². The first-order valence-corrected chi connectivity index (χ1v) is 7.09. The van der Waals surface area contributed by atoms with Crippen LogP contribution in [0, 0.1) is 26.0 Å². The van der Waals surface area contributed by atoms with Crippen molar-refractivity contribution in [1.82, 2.24) is 0 Å². The van der Waals surface area contributed by atoms with Crippen molar-refractivity contribution in [2.75, 3.05) is 5.32 Å². The topological polar surface area (TPSA) is 98.3 Å². The lowest BCUT2D eigenvalue weighted by atomic mass is 9.86. The molecule has 2 aromatic rings. The molecule has 0 aromatic heterocycles. The molecule has 7 nitrogen and oxygen atoms in total. The number of nitro benzene ring substituents is 2. The molecule has 0 amide bonds. The predicted molar refractivity (Wildman–Crippen MR) is 88.1 cm³/mol. The van der Waals surface area contributed by atoms with E-state index >= 15 is 0 Å². The number of rotatable bonds is 4. The van der Waals surface area contributed by atoms with E-state index < -0.39 is 32.5 Å². The Labute approximate surface area is 137 Å². The molecule has 1 N–H and O–H groups in total. The second-order valence-corrected chi connectivity index (χ2v) is 6.29. The van der Waals surface area contributed by atoms with Gasteiger partial charge in [-0.3, -0.25) is 20.2 Å². The highest BCUT2D eigenvalue weighted by Gasteiger charge is 2.30. The van der Waals surface area contributed by atoms with Crippen molar-refractivity contribution >= 4 is 22.7 Å². The molecule has 0 atom stereocenters. The number of nitrogens with one attached hydrogen (secondary N) is 1. The third-order valence-corrected chi connectivity index (χ3v) is 3.47. The van der Waals surface area contributed by atoms with Gasteiger partial charge in [0.2, 0.25) is 0 Å². The SMILES string of the molecule is CC(C)(C)c1cc([N+](=O)[O-])c(Nc2ccc(F)cc2)c([N+](=O)[O-])c1. The third-order valence-electron chi connectivity index (χ3n) is 3.47. The normalized spacial score (nSPS) is 11.2. The Kier molecular flexibility index (Phi) is 4.50. The molecule has 0 heterocycles. The molecule has 24 heavy (non-hydrogen) atoms. The van der Waals surface area contributed by atoms with Crippen LogP contribution in [0.15, 0.2) is 36.4 Å². The number of hydrogen-bond donors (Lipinski definition) is 1. The summed E-state index contributed by atoms with van der Waals surface area (Å²) in [6.45, 7) is 5.43. The van der Waals surface area contributed by atoms with Gasteiger partial charge >= 0.3 is 0 Å². The number of nitrogens with zero attached hydrogens (tertiary/aromatic N) is 2. The molecular weight excluding hydrogens is 317 g/mol. The molecule has 2 rings (SSSR count). The number of nitro groups is 2. The Morgan fingerprint density at radius 2 is 1.42 bits per heavy atom. The maximum atomic E-state index is 13.0. The van der Waals surface area contributed by atoms with Crippen molar-refractivity contribution in [2.45, 2.75) is 26.2 Å². The zero-order chi connectivity index (χ0) is 18.1. The highest BCUT2D eigenvalue weighted by Crippen LogP contribution is 2.40. The first kappa shape index (κ1) is 17.3. The average Bonchev–Trinajstić information content (AvgIpc) is 2.48. The van der Waals surface area contributed by atoms with Crippen molar-refractivity contribution < 1.29 is 14.2 Å². The van der Waals surface area contributed by atoms with Crippen molar-refractivity contribution in [3.63, 3.8) is 0 Å². The summed E-state index contributed by atoms with van der Waals surface area (Å²) >= 11 is 0. The maximum absolute atomic E-state index is 13.0. The van der Waals surface area contributed by atoms with Gasteiger partial charge < -0.3 is 5.32 Å². The van der Waals surface area contributed by atoms with Crippen LogP contribution in [0.2, 0.25) is 0 Å². The van der Waals surface area contributed by atoms with E-state index in [2.05, 4.69) is 5.32 Å². The Morgan fingerprint density at radius 3 is 1.79 bits per heavy atom. The monoisotopic (exact) mass is 333 g/mol. The van der Waals surface area contributed by atoms with Gasteiger partial charge in [0.15, 0.2) is 5.69 Å². The summed E-state index contributed by atoms with van der Waals surface area (Å²) in [4.78, 5) is 21.5. The van der Waals surface area contributed by atoms with E-state index in [1.54, 1.807) is 0 Å². The first-order valence-electron chi connectivity index (χ1n) is 7.09. The molecular formula is C16H16FN3O4. The minimum Gasteiger partial charge on any atom is -0.344 e. The molecule has 0 saturated heterocycles. The minimum absolute atomic E-state index is 0.232. The van der Waals surface area contributed by atoms with Gasteiger partial charge in [-0.2, -0.15) is 0 Å². The van der Waals surface area contributed by atoms with Crippen LogP contribution in [0.4, 0.5) is 27.1 Å². The van der Waals surface area contributed by atoms with E-state index in [0.29, 0.717) is 11.3 Å². The second kappa shape index (κ2) is 6.23. The van der Waals surface area contributed by atoms with Gasteiger partial charge in [-0.15, -0.1) is 0 Å². The van der Waals surface area contributed by atoms with Crippen LogP contribution in [0.25, 0.3) is 0 Å². The Bertz CT molecular complexity index is 763. The van der Waals surface area contributed by atoms with Crippen molar-refractivity contribution in [3.8, 4) is 0 Å². The zero-order valence-electron chi connectivity index (χ0n) is 13.4. The predicted octanol–water partition coefficient (Wildman–Crippen LogP) is 4.68. The average molecular weight is 333 g/mol. The Hall–Kier alpha value is -3.03. The molecule has 0 aliphatic heterocycles. The van der Waals surface area contributed by atoms with Gasteiger partial charge in [0.1, 0.15) is 5.82 Å². The fourth-order valence-corrected chi connectivity index (χ4v) is 2.14. The molecule has 126 valence electrons. The molecule has 0 fully saturated rings. The second-order valence-electron chi connectivity index (χ2n) is 6.29. The number of anilines is 2. The van der Waals surface area contributed by atoms with Crippen molar-refractivity contribution in [3.05, 3.63) is 68.0 Å². The van der Waals surface area contributed by atoms with E-state index in [4.69, 9.17) is 0 Å². The Morgan fingerprint density at radius 1 is 0.958 bits per heavy atom. The molecule has 0 aliphatic rings. The lowest BCUT2D eigenvalue weighted by Gasteiger charge is -2.19. The molecule has 0 spiro atoms. The Balaban J connectivity index is 2.65. The molecule has 0 bridgehead atoms. The van der Waals surface area contributed by atoms with Crippen LogP contribution in [-0.4, -0.2) is 9.85 Å². The lowest BCUT2D eigenvalue weighted by Crippen LogP contribution is -2.13. The van der Waals surface area contributed by atoms with Gasteiger partial charge in [0.05, 0.1) is 9.85 Å². The molecule has 0 saturated carbocycles. The van der Waals surface area contributed by atoms with Gasteiger partial charge in [-0.05, 0) is 35.2 Å². The smallest absolute Gasteiger partial charge is 0.300 e. The van der Waals surface area contributed by atoms with Gasteiger partial charge in [0, 0.05) is 17.8 Å². The molecule has 0 aliphatic carbocycles. The molecule has 2 aromatic carbocycles. The maximum Gasteiger partial charge on any atom is 0.300 e. The standard InChI is InChI=1S/C16H16FN3O4/c1-16(2,3)10-8-13(19(21)22)15(14(9-10)20(23)24)18-12-6-4-11(17)5-7-12/h4-9,18H,1-3H3. The van der Waals surface area contributed by atoms with E-state index in [0.717, 1.165) is 12.1 Å². The summed E-state index contributed by atoms with van der Waals surface area (Å²) < 4.78 is 13.0. The van der Waals surface area contributed by atoms with E-state index in [1.807, 2.05) is 20.8 Å². The largest absolute Gasteiger partial charge is 0.344 e. The highest BCUT2D eigenvalue weighted by atomic mass is 19.1. The minimum atomic E-state index is -0.673. The summed E-state index contributed by atoms with van der Waals surface area (Å²) in [6.07, 6.45) is 0. The fraction of sp³-hybridized carbons (Fsp3) is 0.250. The van der Waals surface area contributed by atoms with Crippen LogP contribution in [-0.2, 0) is 5.41 Å². The van der Waals surface area contributed by atoms with Crippen LogP contribution < -0.4 is 5.32 Å². The van der Waals surface area contributed by atoms with Crippen molar-refractivity contribution in [2.24, 2.45) is 0 Å². The third kappa shape index (κ3) is 3.65. The summed E-state index contributed by atoms with van der Waals surface area (Å²) in [7, 11) is 0. The molecule has 0 unspecified atom stereocenters. The van der Waals surface area contributed by atoms with Gasteiger partial charge in [0.25, 0.3) is 11.4 Å². The zero-order valence-corrected chi connectivity index (χ0v) is 13.4. The number of halogens is 1. The van der Waals surface area contributed by atoms with Crippen LogP contribution >= 0.6 is 0 Å². The highest BCUT2D eigenvalue weighted by molar-refractivity contribution is 5.80. The molecule has 8 heteroatoms. The number of hydrogen-bond acceptors (Lipinski definition) is 5. The molecule has 0 radical (unpaired) electrons. The number of benzene rings is 2. The lowest BCUT2D eigenvalue weighted by molar-refractivity contribution is -0.392. The fourth-order valence-electron chi connectivity index (χ4n) is 2.14. The van der Waals surface area contributed by atoms with Gasteiger partial charge in [-0.25, -0.2) is 4.39 Å². The van der Waals surface area contributed by atoms with Crippen molar-refractivity contribution in [1.29, 1.82) is 0 Å². The summed E-state index contributed by atoms with van der Waals surface area (Å²) in [5, 5.41) is 25.5. The first-order chi connectivity index (χ1) is 11.1. The van der Waals surface area contributed by atoms with E-state index in [1.165, 1.54) is 24.3 Å². The summed E-state index contributed by atoms with van der Waals surface area (Å²) in [5.74, 6) is -0.479. The summed E-state index contributed by atoms with van der Waals surface area (Å²) in [6, 6.07) is 7.64. The van der Waals surface area contributed by atoms with Crippen LogP contribution in [0.3, 0.4) is 0 Å². The quantitative estimate of drug-likeness (QED) is 0.647. The van der Waals surface area contributed by atoms with Crippen LogP contribution in [0.5, 0.6) is 0 Å².